The zero-order chi connectivity index (χ0) is 4.50. The normalized spacial score (nSPS) is 9.67. The molecule has 0 atom stereocenters. The molecular weight excluding hydrogens is 174 g/mol. The van der Waals surface area contributed by atoms with Crippen molar-refractivity contribution in [3.63, 3.8) is 0 Å². The van der Waals surface area contributed by atoms with Crippen LogP contribution in [0.3, 0.4) is 0 Å². The molecule has 0 radical (unpaired) electrons. The quantitative estimate of drug-likeness (QED) is 0.321. The maximum absolute atomic E-state index is 8.95. The van der Waals surface area contributed by atoms with Gasteiger partial charge in [0.1, 0.15) is 0 Å². The summed E-state index contributed by atoms with van der Waals surface area (Å²) in [6.07, 6.45) is 0. The van der Waals surface area contributed by atoms with Gasteiger partial charge >= 0.3 is 9.33 Å². The molecule has 0 aromatic carbocycles. The minimum absolute atomic E-state index is 0. The van der Waals surface area contributed by atoms with E-state index < -0.39 is 9.33 Å². The Balaban J connectivity index is 0. The monoisotopic (exact) mass is 174 g/mol. The first-order valence-corrected chi connectivity index (χ1v) is 2.94. The van der Waals surface area contributed by atoms with Crippen LogP contribution < -0.4 is 0 Å². The number of hydrogen-bond acceptors (Lipinski definition) is 2. The molecule has 0 bridgehead atoms. The minimum Gasteiger partial charge on any atom is -0.273 e. The molecule has 6 heavy (non-hydrogen) atoms. The van der Waals surface area contributed by atoms with Crippen molar-refractivity contribution in [2.24, 2.45) is 0 Å². The van der Waals surface area contributed by atoms with E-state index in [1.54, 1.807) is 0 Å². The Labute approximate surface area is 49.9 Å². The van der Waals surface area contributed by atoms with E-state index in [1.807, 2.05) is 0 Å². The summed E-state index contributed by atoms with van der Waals surface area (Å²) >= 11 is 0. The number of halogens is 1. The molecule has 0 aliphatic rings. The Kier molecular flexibility index (Phi) is 4.60. The molecule has 0 amide bonds. The molecule has 0 aliphatic carbocycles. The number of hydrogen-bond donors (Lipinski definition) is 1. The van der Waals surface area contributed by atoms with Crippen LogP contribution >= 0.6 is 10.7 Å². The molecule has 0 saturated heterocycles. The van der Waals surface area contributed by atoms with Crippen LogP contribution in [0.25, 0.3) is 0 Å². The molecule has 6 heteroatoms. The molecule has 42 valence electrons. The average Bonchev–Trinajstić information content (AvgIpc) is 0.722. The van der Waals surface area contributed by atoms with E-state index in [4.69, 9.17) is 13.0 Å². The molecule has 0 rings (SSSR count). The molecule has 0 aromatic rings. The van der Waals surface area contributed by atoms with Crippen LogP contribution in [0.15, 0.2) is 0 Å². The predicted octanol–water partition coefficient (Wildman–Crippen LogP) is 0.0255. The minimum atomic E-state index is -4.19. The Bertz CT molecular complexity index is 94.0. The van der Waals surface area contributed by atoms with Gasteiger partial charge in [-0.15, -0.1) is 0 Å². The van der Waals surface area contributed by atoms with Crippen LogP contribution in [0, 0.1) is 0 Å². The van der Waals surface area contributed by atoms with Crippen LogP contribution in [0.4, 0.5) is 0 Å². The maximum Gasteiger partial charge on any atom is 0.353 e. The third-order valence-corrected chi connectivity index (χ3v) is 0. The largest absolute Gasteiger partial charge is 0.353 e. The summed E-state index contributed by atoms with van der Waals surface area (Å²) in [5, 5.41) is 0. The van der Waals surface area contributed by atoms with Gasteiger partial charge < -0.3 is 0 Å². The standard InChI is InChI=1S/ClHO3S.Ni/c1-5(2,3)4;/h(H,2,3,4);. The molecule has 0 unspecified atom stereocenters. The summed E-state index contributed by atoms with van der Waals surface area (Å²) in [6, 6.07) is 0. The first-order chi connectivity index (χ1) is 2.00. The second kappa shape index (κ2) is 2.80. The summed E-state index contributed by atoms with van der Waals surface area (Å²) in [7, 11) is -0.137. The van der Waals surface area contributed by atoms with Gasteiger partial charge in [-0.05, 0) is 0 Å². The van der Waals surface area contributed by atoms with Crippen molar-refractivity contribution < 1.29 is 29.5 Å². The van der Waals surface area contributed by atoms with Crippen LogP contribution in [0.5, 0.6) is 0 Å². The van der Waals surface area contributed by atoms with Crippen molar-refractivity contribution in [2.45, 2.75) is 0 Å². The van der Waals surface area contributed by atoms with Crippen molar-refractivity contribution >= 4 is 20.0 Å². The van der Waals surface area contributed by atoms with E-state index in [-0.39, 0.29) is 16.5 Å². The molecular formula is HClNiO3S. The third kappa shape index (κ3) is 133. The first kappa shape index (κ1) is 9.85. The molecule has 0 aliphatic heterocycles. The summed E-state index contributed by atoms with van der Waals surface area (Å²) in [5.74, 6) is 0. The Morgan fingerprint density at radius 1 is 1.50 bits per heavy atom. The maximum atomic E-state index is 8.95. The van der Waals surface area contributed by atoms with Gasteiger partial charge in [0, 0.05) is 27.2 Å². The Morgan fingerprint density at radius 3 is 1.50 bits per heavy atom. The van der Waals surface area contributed by atoms with Crippen molar-refractivity contribution in [1.82, 2.24) is 0 Å². The summed E-state index contributed by atoms with van der Waals surface area (Å²) in [4.78, 5) is 0. The van der Waals surface area contributed by atoms with Crippen molar-refractivity contribution in [1.29, 1.82) is 0 Å². The van der Waals surface area contributed by atoms with E-state index in [0.717, 1.165) is 0 Å². The fourth-order valence-corrected chi connectivity index (χ4v) is 0. The molecule has 1 N–H and O–H groups in total. The summed E-state index contributed by atoms with van der Waals surface area (Å²) in [6.45, 7) is 0. The van der Waals surface area contributed by atoms with Crippen molar-refractivity contribution in [3.05, 3.63) is 0 Å². The van der Waals surface area contributed by atoms with Gasteiger partial charge in [0.25, 0.3) is 0 Å². The van der Waals surface area contributed by atoms with E-state index in [2.05, 4.69) is 10.7 Å². The van der Waals surface area contributed by atoms with Crippen LogP contribution in [-0.4, -0.2) is 13.0 Å². The van der Waals surface area contributed by atoms with Gasteiger partial charge in [0.05, 0.1) is 0 Å². The molecule has 3 nitrogen and oxygen atoms in total. The van der Waals surface area contributed by atoms with Gasteiger partial charge in [-0.3, -0.25) is 4.55 Å². The first-order valence-electron chi connectivity index (χ1n) is 0.670. The fourth-order valence-electron chi connectivity index (χ4n) is 0. The molecule has 0 spiro atoms. The second-order valence-electron chi connectivity index (χ2n) is 0.412. The SMILES string of the molecule is O=S(=O)(O)Cl.[Ni]. The van der Waals surface area contributed by atoms with E-state index >= 15 is 0 Å². The predicted molar refractivity (Wildman–Crippen MR) is 17.4 cm³/mol. The number of rotatable bonds is 0. The zero-order valence-electron chi connectivity index (χ0n) is 2.37. The van der Waals surface area contributed by atoms with Gasteiger partial charge in [0.2, 0.25) is 0 Å². The van der Waals surface area contributed by atoms with Crippen LogP contribution in [-0.2, 0) is 25.8 Å². The molecule has 0 fully saturated rings. The van der Waals surface area contributed by atoms with E-state index in [1.165, 1.54) is 0 Å². The third-order valence-electron chi connectivity index (χ3n) is 0. The van der Waals surface area contributed by atoms with Gasteiger partial charge in [-0.25, -0.2) is 0 Å². The molecule has 0 saturated carbocycles. The van der Waals surface area contributed by atoms with Gasteiger partial charge in [-0.1, -0.05) is 0 Å². The van der Waals surface area contributed by atoms with E-state index in [9.17, 15) is 0 Å². The Morgan fingerprint density at radius 2 is 1.50 bits per heavy atom. The molecule has 0 heterocycles. The molecule has 0 aromatic heterocycles. The van der Waals surface area contributed by atoms with E-state index in [0.29, 0.717) is 0 Å². The van der Waals surface area contributed by atoms with Crippen molar-refractivity contribution in [2.75, 3.05) is 0 Å². The topological polar surface area (TPSA) is 54.4 Å². The summed E-state index contributed by atoms with van der Waals surface area (Å²) in [5.41, 5.74) is 0. The van der Waals surface area contributed by atoms with Crippen LogP contribution in [0.1, 0.15) is 0 Å². The second-order valence-corrected chi connectivity index (χ2v) is 2.41. The van der Waals surface area contributed by atoms with Gasteiger partial charge in [0.15, 0.2) is 0 Å². The van der Waals surface area contributed by atoms with Crippen LogP contribution in [0.2, 0.25) is 0 Å². The van der Waals surface area contributed by atoms with Gasteiger partial charge in [-0.2, -0.15) is 8.42 Å². The fraction of sp³-hybridized carbons (Fsp3) is 0. The Hall–Kier alpha value is 0.694. The van der Waals surface area contributed by atoms with Crippen molar-refractivity contribution in [3.8, 4) is 0 Å². The zero-order valence-corrected chi connectivity index (χ0v) is 4.93. The smallest absolute Gasteiger partial charge is 0.273 e. The average molecular weight is 175 g/mol. The summed E-state index contributed by atoms with van der Waals surface area (Å²) < 4.78 is 25.2.